The number of piperazine rings is 1. The summed E-state index contributed by atoms with van der Waals surface area (Å²) in [7, 11) is 0. The molecule has 0 aromatic heterocycles. The van der Waals surface area contributed by atoms with Gasteiger partial charge in [-0.25, -0.2) is 0 Å². The zero-order valence-electron chi connectivity index (χ0n) is 9.23. The maximum absolute atomic E-state index is 11.1. The van der Waals surface area contributed by atoms with Crippen LogP contribution in [0.25, 0.3) is 0 Å². The summed E-state index contributed by atoms with van der Waals surface area (Å²) in [5.41, 5.74) is 0. The first-order valence-electron chi connectivity index (χ1n) is 5.20. The number of nitrogens with zero attached hydrogens (tertiary/aromatic N) is 2. The van der Waals surface area contributed by atoms with Gasteiger partial charge in [-0.15, -0.1) is 0 Å². The molecule has 1 saturated heterocycles. The van der Waals surface area contributed by atoms with Crippen molar-refractivity contribution in [1.82, 2.24) is 9.80 Å². The fourth-order valence-corrected chi connectivity index (χ4v) is 1.75. The predicted octanol–water partition coefficient (Wildman–Crippen LogP) is -0.0802. The van der Waals surface area contributed by atoms with E-state index in [1.165, 1.54) is 0 Å². The molecule has 0 spiro atoms. The normalized spacial score (nSPS) is 23.3. The number of carbonyl (C=O) groups is 1. The van der Waals surface area contributed by atoms with E-state index in [0.29, 0.717) is 0 Å². The Bertz CT molecular complexity index is 198. The predicted molar refractivity (Wildman–Crippen MR) is 55.0 cm³/mol. The molecule has 1 heterocycles. The summed E-state index contributed by atoms with van der Waals surface area (Å²) in [5.74, 6) is 0.148. The van der Waals surface area contributed by atoms with E-state index in [0.717, 1.165) is 26.2 Å². The quantitative estimate of drug-likeness (QED) is 0.678. The van der Waals surface area contributed by atoms with E-state index in [4.69, 9.17) is 0 Å². The van der Waals surface area contributed by atoms with Crippen LogP contribution in [0.2, 0.25) is 0 Å². The van der Waals surface area contributed by atoms with Gasteiger partial charge in [0.1, 0.15) is 0 Å². The maximum atomic E-state index is 11.1. The molecule has 82 valence electrons. The first-order valence-corrected chi connectivity index (χ1v) is 5.20. The second-order valence-corrected chi connectivity index (χ2v) is 4.02. The van der Waals surface area contributed by atoms with Crippen molar-refractivity contribution in [2.75, 3.05) is 26.2 Å². The van der Waals surface area contributed by atoms with Crippen LogP contribution in [0, 0.1) is 0 Å². The van der Waals surface area contributed by atoms with Crippen molar-refractivity contribution >= 4 is 5.91 Å². The topological polar surface area (TPSA) is 43.8 Å². The van der Waals surface area contributed by atoms with Crippen LogP contribution in [0.15, 0.2) is 0 Å². The maximum Gasteiger partial charge on any atom is 0.219 e. The molecule has 1 rings (SSSR count). The Morgan fingerprint density at radius 2 is 1.71 bits per heavy atom. The Morgan fingerprint density at radius 1 is 1.21 bits per heavy atom. The third kappa shape index (κ3) is 2.69. The number of aliphatic hydroxyl groups is 1. The van der Waals surface area contributed by atoms with E-state index in [9.17, 15) is 9.90 Å². The van der Waals surface area contributed by atoms with Crippen molar-refractivity contribution in [2.24, 2.45) is 0 Å². The number of hydrogen-bond donors (Lipinski definition) is 1. The summed E-state index contributed by atoms with van der Waals surface area (Å²) < 4.78 is 0. The molecule has 0 aliphatic carbocycles. The summed E-state index contributed by atoms with van der Waals surface area (Å²) in [4.78, 5) is 15.1. The van der Waals surface area contributed by atoms with E-state index in [-0.39, 0.29) is 18.1 Å². The first-order chi connectivity index (χ1) is 6.52. The Hall–Kier alpha value is -0.610. The molecule has 1 fully saturated rings. The summed E-state index contributed by atoms with van der Waals surface area (Å²) in [6.07, 6.45) is -0.307. The molecule has 0 aromatic carbocycles. The fraction of sp³-hybridized carbons (Fsp3) is 0.900. The number of hydrogen-bond acceptors (Lipinski definition) is 3. The largest absolute Gasteiger partial charge is 0.392 e. The van der Waals surface area contributed by atoms with Crippen LogP contribution in [-0.2, 0) is 4.79 Å². The lowest BCUT2D eigenvalue weighted by Crippen LogP contribution is -2.53. The third-order valence-electron chi connectivity index (χ3n) is 3.03. The van der Waals surface area contributed by atoms with Crippen molar-refractivity contribution in [3.63, 3.8) is 0 Å². The van der Waals surface area contributed by atoms with Crippen molar-refractivity contribution in [3.05, 3.63) is 0 Å². The minimum atomic E-state index is -0.307. The molecule has 1 aliphatic rings. The number of amides is 1. The number of aliphatic hydroxyl groups excluding tert-OH is 1. The lowest BCUT2D eigenvalue weighted by molar-refractivity contribution is -0.131. The van der Waals surface area contributed by atoms with Crippen LogP contribution in [0.5, 0.6) is 0 Å². The van der Waals surface area contributed by atoms with Gasteiger partial charge in [0.25, 0.3) is 0 Å². The Balaban J connectivity index is 2.39. The van der Waals surface area contributed by atoms with Crippen molar-refractivity contribution in [3.8, 4) is 0 Å². The highest BCUT2D eigenvalue weighted by molar-refractivity contribution is 5.73. The molecule has 1 amide bonds. The highest BCUT2D eigenvalue weighted by atomic mass is 16.3. The minimum absolute atomic E-state index is 0.148. The highest BCUT2D eigenvalue weighted by Gasteiger charge is 2.24. The van der Waals surface area contributed by atoms with Crippen LogP contribution in [-0.4, -0.2) is 59.1 Å². The van der Waals surface area contributed by atoms with Crippen LogP contribution in [0.4, 0.5) is 0 Å². The number of carbonyl (C=O) groups excluding carboxylic acids is 1. The van der Waals surface area contributed by atoms with Gasteiger partial charge in [0.05, 0.1) is 6.10 Å². The van der Waals surface area contributed by atoms with Crippen LogP contribution in [0.1, 0.15) is 20.8 Å². The third-order valence-corrected chi connectivity index (χ3v) is 3.03. The average Bonchev–Trinajstić information content (AvgIpc) is 2.16. The number of rotatable bonds is 2. The van der Waals surface area contributed by atoms with Gasteiger partial charge in [0.2, 0.25) is 5.91 Å². The van der Waals surface area contributed by atoms with Crippen molar-refractivity contribution < 1.29 is 9.90 Å². The SMILES string of the molecule is CC(=O)N1CCN(C(C)C(C)O)CC1. The molecule has 2 atom stereocenters. The van der Waals surface area contributed by atoms with Gasteiger partial charge in [-0.3, -0.25) is 9.69 Å². The van der Waals surface area contributed by atoms with Crippen molar-refractivity contribution in [1.29, 1.82) is 0 Å². The van der Waals surface area contributed by atoms with E-state index < -0.39 is 0 Å². The van der Waals surface area contributed by atoms with Gasteiger partial charge in [0, 0.05) is 39.1 Å². The molecule has 0 bridgehead atoms. The molecule has 0 aromatic rings. The molecule has 2 unspecified atom stereocenters. The molecular formula is C10H20N2O2. The van der Waals surface area contributed by atoms with Crippen LogP contribution < -0.4 is 0 Å². The first kappa shape index (κ1) is 11.5. The lowest BCUT2D eigenvalue weighted by Gasteiger charge is -2.38. The smallest absolute Gasteiger partial charge is 0.219 e. The molecule has 1 aliphatic heterocycles. The second-order valence-electron chi connectivity index (χ2n) is 4.02. The summed E-state index contributed by atoms with van der Waals surface area (Å²) in [6.45, 7) is 8.74. The van der Waals surface area contributed by atoms with Crippen molar-refractivity contribution in [2.45, 2.75) is 32.9 Å². The Kier molecular flexibility index (Phi) is 3.89. The van der Waals surface area contributed by atoms with Crippen LogP contribution >= 0.6 is 0 Å². The van der Waals surface area contributed by atoms with Gasteiger partial charge in [-0.2, -0.15) is 0 Å². The minimum Gasteiger partial charge on any atom is -0.392 e. The molecule has 4 heteroatoms. The summed E-state index contributed by atoms with van der Waals surface area (Å²) in [5, 5.41) is 9.43. The van der Waals surface area contributed by atoms with E-state index in [2.05, 4.69) is 4.90 Å². The van der Waals surface area contributed by atoms with E-state index in [1.807, 2.05) is 18.7 Å². The summed E-state index contributed by atoms with van der Waals surface area (Å²) >= 11 is 0. The second kappa shape index (κ2) is 4.75. The zero-order chi connectivity index (χ0) is 10.7. The molecule has 0 saturated carbocycles. The zero-order valence-corrected chi connectivity index (χ0v) is 9.23. The molecule has 0 radical (unpaired) electrons. The monoisotopic (exact) mass is 200 g/mol. The van der Waals surface area contributed by atoms with E-state index >= 15 is 0 Å². The van der Waals surface area contributed by atoms with Gasteiger partial charge < -0.3 is 10.0 Å². The van der Waals surface area contributed by atoms with Gasteiger partial charge >= 0.3 is 0 Å². The highest BCUT2D eigenvalue weighted by Crippen LogP contribution is 2.09. The van der Waals surface area contributed by atoms with Gasteiger partial charge in [-0.1, -0.05) is 0 Å². The molecule has 1 N–H and O–H groups in total. The molecule has 14 heavy (non-hydrogen) atoms. The van der Waals surface area contributed by atoms with Crippen LogP contribution in [0.3, 0.4) is 0 Å². The average molecular weight is 200 g/mol. The summed E-state index contributed by atoms with van der Waals surface area (Å²) in [6, 6.07) is 0.184. The Morgan fingerprint density at radius 3 is 2.07 bits per heavy atom. The lowest BCUT2D eigenvalue weighted by atomic mass is 10.1. The van der Waals surface area contributed by atoms with Gasteiger partial charge in [-0.05, 0) is 13.8 Å². The fourth-order valence-electron chi connectivity index (χ4n) is 1.75. The standard InChI is InChI=1S/C10H20N2O2/c1-8(9(2)13)11-4-6-12(7-5-11)10(3)14/h8-9,13H,4-7H2,1-3H3. The van der Waals surface area contributed by atoms with E-state index in [1.54, 1.807) is 6.92 Å². The molecule has 4 nitrogen and oxygen atoms in total. The Labute approximate surface area is 85.5 Å². The van der Waals surface area contributed by atoms with Gasteiger partial charge in [0.15, 0.2) is 0 Å². The molecular weight excluding hydrogens is 180 g/mol.